The van der Waals surface area contributed by atoms with Crippen molar-refractivity contribution in [2.45, 2.75) is 19.0 Å². The number of alkyl halides is 3. The molecule has 0 bridgehead atoms. The van der Waals surface area contributed by atoms with Crippen molar-refractivity contribution in [3.63, 3.8) is 0 Å². The van der Waals surface area contributed by atoms with E-state index in [1.54, 1.807) is 11.3 Å². The normalized spacial score (nSPS) is 12.1. The van der Waals surface area contributed by atoms with E-state index in [1.807, 2.05) is 17.5 Å². The van der Waals surface area contributed by atoms with E-state index in [9.17, 15) is 13.2 Å². The fourth-order valence-electron chi connectivity index (χ4n) is 1.13. The molecule has 0 unspecified atom stereocenters. The molecule has 0 saturated heterocycles. The first kappa shape index (κ1) is 17.5. The highest BCUT2D eigenvalue weighted by atomic mass is 127. The smallest absolute Gasteiger partial charge is 0.370 e. The van der Waals surface area contributed by atoms with Crippen molar-refractivity contribution in [3.05, 3.63) is 22.4 Å². The van der Waals surface area contributed by atoms with E-state index in [-0.39, 0.29) is 36.5 Å². The highest BCUT2D eigenvalue weighted by Gasteiger charge is 2.25. The Morgan fingerprint density at radius 1 is 1.44 bits per heavy atom. The minimum absolute atomic E-state index is 0. The first-order valence-electron chi connectivity index (χ1n) is 5.10. The van der Waals surface area contributed by atoms with Gasteiger partial charge in [-0.3, -0.25) is 4.99 Å². The lowest BCUT2D eigenvalue weighted by molar-refractivity contribution is -0.132. The summed E-state index contributed by atoms with van der Waals surface area (Å²) >= 11 is 1.63. The van der Waals surface area contributed by atoms with Gasteiger partial charge in [0, 0.05) is 11.4 Å². The number of nitrogens with two attached hydrogens (primary N) is 1. The van der Waals surface area contributed by atoms with Gasteiger partial charge in [-0.2, -0.15) is 13.2 Å². The average molecular weight is 393 g/mol. The quantitative estimate of drug-likeness (QED) is 0.459. The molecule has 0 aliphatic heterocycles. The zero-order valence-electron chi connectivity index (χ0n) is 9.54. The summed E-state index contributed by atoms with van der Waals surface area (Å²) in [6.07, 6.45) is -4.34. The summed E-state index contributed by atoms with van der Waals surface area (Å²) in [5.41, 5.74) is 5.42. The van der Waals surface area contributed by atoms with Crippen LogP contribution in [0.5, 0.6) is 0 Å². The zero-order chi connectivity index (χ0) is 12.7. The van der Waals surface area contributed by atoms with Gasteiger partial charge in [0.25, 0.3) is 0 Å². The van der Waals surface area contributed by atoms with Crippen LogP contribution in [-0.2, 0) is 6.42 Å². The van der Waals surface area contributed by atoms with Gasteiger partial charge in [-0.05, 0) is 17.9 Å². The van der Waals surface area contributed by atoms with Crippen LogP contribution in [0.1, 0.15) is 11.3 Å². The summed E-state index contributed by atoms with van der Waals surface area (Å²) < 4.78 is 35.4. The standard InChI is InChI=1S/C10H14F3N3S.HI/c11-10(12,13)4-6-16-9(14)15-5-3-8-2-1-7-17-8;/h1-2,7H,3-6H2,(H3,14,15,16);1H. The molecule has 3 N–H and O–H groups in total. The lowest BCUT2D eigenvalue weighted by Crippen LogP contribution is -2.33. The van der Waals surface area contributed by atoms with Gasteiger partial charge in [0.1, 0.15) is 0 Å². The molecule has 3 nitrogen and oxygen atoms in total. The van der Waals surface area contributed by atoms with Gasteiger partial charge in [-0.25, -0.2) is 0 Å². The van der Waals surface area contributed by atoms with Crippen molar-refractivity contribution in [2.75, 3.05) is 13.1 Å². The summed E-state index contributed by atoms with van der Waals surface area (Å²) in [7, 11) is 0. The first-order chi connectivity index (χ1) is 7.97. The zero-order valence-corrected chi connectivity index (χ0v) is 12.7. The van der Waals surface area contributed by atoms with Crippen LogP contribution in [0.15, 0.2) is 22.5 Å². The van der Waals surface area contributed by atoms with Gasteiger partial charge >= 0.3 is 6.18 Å². The van der Waals surface area contributed by atoms with Crippen LogP contribution in [0.4, 0.5) is 13.2 Å². The van der Waals surface area contributed by atoms with E-state index in [0.29, 0.717) is 6.54 Å². The van der Waals surface area contributed by atoms with Crippen LogP contribution in [0.25, 0.3) is 0 Å². The summed E-state index contributed by atoms with van der Waals surface area (Å²) in [6.45, 7) is 0.239. The van der Waals surface area contributed by atoms with Crippen molar-refractivity contribution < 1.29 is 13.2 Å². The molecule has 0 radical (unpaired) electrons. The molecule has 0 fully saturated rings. The Kier molecular flexibility index (Phi) is 8.32. The number of hydrogen-bond acceptors (Lipinski definition) is 2. The number of nitrogens with zero attached hydrogens (tertiary/aromatic N) is 1. The molecule has 0 aliphatic rings. The van der Waals surface area contributed by atoms with Crippen molar-refractivity contribution in [2.24, 2.45) is 10.7 Å². The molecule has 0 saturated carbocycles. The first-order valence-corrected chi connectivity index (χ1v) is 5.98. The number of halogens is 4. The molecular weight excluding hydrogens is 378 g/mol. The fourth-order valence-corrected chi connectivity index (χ4v) is 1.84. The molecule has 0 amide bonds. The Balaban J connectivity index is 0.00000289. The summed E-state index contributed by atoms with van der Waals surface area (Å²) in [4.78, 5) is 4.79. The minimum atomic E-state index is -4.18. The monoisotopic (exact) mass is 393 g/mol. The maximum absolute atomic E-state index is 11.8. The van der Waals surface area contributed by atoms with Crippen molar-refractivity contribution in [3.8, 4) is 0 Å². The van der Waals surface area contributed by atoms with Gasteiger partial charge in [-0.1, -0.05) is 6.07 Å². The van der Waals surface area contributed by atoms with Crippen LogP contribution in [0.3, 0.4) is 0 Å². The highest BCUT2D eigenvalue weighted by molar-refractivity contribution is 14.0. The maximum Gasteiger partial charge on any atom is 0.390 e. The number of aliphatic imine (C=N–C) groups is 1. The van der Waals surface area contributed by atoms with E-state index in [0.717, 1.165) is 6.42 Å². The Morgan fingerprint density at radius 3 is 2.72 bits per heavy atom. The van der Waals surface area contributed by atoms with Gasteiger partial charge in [-0.15, -0.1) is 35.3 Å². The predicted molar refractivity (Wildman–Crippen MR) is 78.6 cm³/mol. The van der Waals surface area contributed by atoms with Gasteiger partial charge in [0.15, 0.2) is 5.96 Å². The third-order valence-corrected chi connectivity index (χ3v) is 2.87. The second kappa shape index (κ2) is 8.57. The van der Waals surface area contributed by atoms with Crippen LogP contribution < -0.4 is 11.1 Å². The van der Waals surface area contributed by atoms with Crippen LogP contribution in [0, 0.1) is 0 Å². The van der Waals surface area contributed by atoms with Crippen molar-refractivity contribution in [1.82, 2.24) is 5.32 Å². The Bertz CT molecular complexity index is 352. The number of nitrogens with one attached hydrogen (secondary N) is 1. The van der Waals surface area contributed by atoms with Crippen LogP contribution in [-0.4, -0.2) is 25.2 Å². The minimum Gasteiger partial charge on any atom is -0.370 e. The molecular formula is C10H15F3IN3S. The SMILES string of the molecule is I.NC(=NCCC(F)(F)F)NCCc1cccs1. The van der Waals surface area contributed by atoms with E-state index >= 15 is 0 Å². The van der Waals surface area contributed by atoms with Crippen molar-refractivity contribution >= 4 is 41.3 Å². The van der Waals surface area contributed by atoms with Crippen LogP contribution in [0.2, 0.25) is 0 Å². The molecule has 1 aromatic heterocycles. The number of guanidine groups is 1. The molecule has 8 heteroatoms. The lowest BCUT2D eigenvalue weighted by atomic mass is 10.3. The maximum atomic E-state index is 11.8. The van der Waals surface area contributed by atoms with E-state index in [1.165, 1.54) is 4.88 Å². The fraction of sp³-hybridized carbons (Fsp3) is 0.500. The Labute approximate surface area is 125 Å². The Morgan fingerprint density at radius 2 is 2.17 bits per heavy atom. The van der Waals surface area contributed by atoms with E-state index < -0.39 is 12.6 Å². The van der Waals surface area contributed by atoms with Crippen LogP contribution >= 0.6 is 35.3 Å². The van der Waals surface area contributed by atoms with Gasteiger partial charge in [0.05, 0.1) is 13.0 Å². The average Bonchev–Trinajstić information content (AvgIpc) is 2.68. The van der Waals surface area contributed by atoms with Gasteiger partial charge in [0.2, 0.25) is 0 Å². The molecule has 0 aromatic carbocycles. The third-order valence-electron chi connectivity index (χ3n) is 1.94. The topological polar surface area (TPSA) is 50.4 Å². The van der Waals surface area contributed by atoms with E-state index in [2.05, 4.69) is 10.3 Å². The highest BCUT2D eigenvalue weighted by Crippen LogP contribution is 2.18. The Hall–Kier alpha value is -0.510. The summed E-state index contributed by atoms with van der Waals surface area (Å²) in [5, 5.41) is 4.74. The second-order valence-corrected chi connectivity index (χ2v) is 4.42. The predicted octanol–water partition coefficient (Wildman–Crippen LogP) is 2.77. The van der Waals surface area contributed by atoms with Crippen molar-refractivity contribution in [1.29, 1.82) is 0 Å². The number of rotatable bonds is 5. The molecule has 0 atom stereocenters. The van der Waals surface area contributed by atoms with E-state index in [4.69, 9.17) is 5.73 Å². The molecule has 1 aromatic rings. The summed E-state index contributed by atoms with van der Waals surface area (Å²) in [5.74, 6) is 0.0609. The molecule has 104 valence electrons. The third kappa shape index (κ3) is 8.56. The van der Waals surface area contributed by atoms with Gasteiger partial charge < -0.3 is 11.1 Å². The molecule has 0 spiro atoms. The molecule has 18 heavy (non-hydrogen) atoms. The second-order valence-electron chi connectivity index (χ2n) is 3.39. The lowest BCUT2D eigenvalue weighted by Gasteiger charge is -2.06. The summed E-state index contributed by atoms with van der Waals surface area (Å²) in [6, 6.07) is 3.93. The molecule has 0 aliphatic carbocycles. The molecule has 1 heterocycles. The largest absolute Gasteiger partial charge is 0.390 e. The number of thiophene rings is 1. The molecule has 1 rings (SSSR count). The number of hydrogen-bond donors (Lipinski definition) is 2.